The number of aliphatic hydroxyl groups excluding tert-OH is 1. The fourth-order valence-electron chi connectivity index (χ4n) is 19.8. The van der Waals surface area contributed by atoms with E-state index in [1.165, 1.54) is 23.2 Å². The smallest absolute Gasteiger partial charge is 0.329 e. The number of aromatic nitrogens is 10. The van der Waals surface area contributed by atoms with E-state index in [0.717, 1.165) is 38.9 Å². The number of anilines is 3. The van der Waals surface area contributed by atoms with Gasteiger partial charge in [0.15, 0.2) is 11.4 Å². The molecule has 0 spiro atoms. The molecule has 1 aliphatic carbocycles. The van der Waals surface area contributed by atoms with Crippen molar-refractivity contribution < 1.29 is 91.6 Å². The average Bonchev–Trinajstić information content (AvgIpc) is 1.69. The van der Waals surface area contributed by atoms with Crippen molar-refractivity contribution >= 4 is 92.8 Å². The Bertz CT molecular complexity index is 5500. The first-order chi connectivity index (χ1) is 64.9. The molecule has 16 atom stereocenters. The van der Waals surface area contributed by atoms with Crippen LogP contribution in [0.5, 0.6) is 0 Å². The van der Waals surface area contributed by atoms with E-state index < -0.39 is 114 Å². The monoisotopic (exact) mass is 1860 g/mol. The molecular formula is C99H129N17O19. The van der Waals surface area contributed by atoms with E-state index in [2.05, 4.69) is 67.9 Å². The molecule has 14 rings (SSSR count). The molecule has 135 heavy (non-hydrogen) atoms. The molecule has 724 valence electrons. The highest BCUT2D eigenvalue weighted by atomic mass is 16.6. The minimum atomic E-state index is -2.50. The SMILES string of the molecule is CO[C@H]1C[C@@H]2CC[C@@H](C)[C@@](O)(O2)C(=O)C(=O)N2CCCC[C@H]2C(=O)O[C@H]([C@H](C)C[C@@H]2CC[C@@H](OC(=O)CCc3cnc(N4CCN(C(=O)CCOCCN5CCN(c6ncc(C(=O)N7CCc8cc(Cn9nc(-c%10cnc%11[nH]ccc%11c%10)c%10c(N)ncnc%109)ccc8C7)cn6)CC5)[C@@H](C(=O)O)C4)nc3)[C@H](OC)C2)CC(=O)[C@H](C)/C=C(\C)[C@@H](O)[C@@H](OC)C(=O)[C@H](C)C[C@H](C)/C=C/C=C/C=C/1C. The van der Waals surface area contributed by atoms with Gasteiger partial charge in [0.25, 0.3) is 17.6 Å². The highest BCUT2D eigenvalue weighted by Crippen LogP contribution is 2.40. The van der Waals surface area contributed by atoms with Crippen molar-refractivity contribution in [3.8, 4) is 11.3 Å². The standard InChI is InChI=1S/C99H129N17O19/c1-59-16-12-11-13-17-60(2)79(129-8)48-74-24-19-65(7)99(128,135-74)89(122)94(124)115-31-15-14-18-75(115)96(127)134-80(49-77(117)61(3)43-64(6)87(121)88(131-10)86(120)63(5)42-59)62(4)44-66-21-25-78(81(46-66)130-9)133-83(119)26-22-68-50-103-98(104-51-68)113-37-38-114(76(57-113)95(125)126)82(118)29-40-132-41-39-110-33-35-111(36-34-110)97-105-53-73(54-106-97)93(123)112-32-28-69-45-67(20-23-71(69)56-112)55-116-92-84(90(100)107-58-108-92)85(109-116)72-47-70-27-30-101-91(70)102-52-72/h11-13,16-17,20,23,27,30,43,45,47,50-54,58-59,61-63,65-66,74-76,78-81,87-88,121,128H,14-15,18-19,21-22,24-26,28-29,31-42,44,46,48-49,55-57H2,1-10H3,(H,101,102)(H,125,126)(H2,100,107,108)/b13-11+,16-12+,60-17+,64-43+/t59-,61-,62-,63-,65-,66+,74+,75+,76-,78-,79+,80+,81-,87-,88+,99-/m1/s1. The number of carbonyl (C=O) groups excluding carboxylic acids is 8. The summed E-state index contributed by atoms with van der Waals surface area (Å²) in [6.07, 6.45) is 21.8. The molecule has 2 bridgehead atoms. The van der Waals surface area contributed by atoms with Gasteiger partial charge in [-0.3, -0.25) is 38.5 Å². The summed E-state index contributed by atoms with van der Waals surface area (Å²) in [6, 6.07) is 7.86. The Morgan fingerprint density at radius 3 is 2.26 bits per heavy atom. The summed E-state index contributed by atoms with van der Waals surface area (Å²) in [7, 11) is 4.47. The van der Waals surface area contributed by atoms with Crippen molar-refractivity contribution in [2.24, 2.45) is 35.5 Å². The number of carboxylic acid groups (broad SMARTS) is 1. The molecule has 6 N–H and O–H groups in total. The molecule has 0 unspecified atom stereocenters. The number of aliphatic hydroxyl groups is 2. The van der Waals surface area contributed by atoms with Crippen LogP contribution in [0.3, 0.4) is 0 Å². The Kier molecular flexibility index (Phi) is 33.5. The van der Waals surface area contributed by atoms with Crippen LogP contribution in [0.1, 0.15) is 171 Å². The average molecular weight is 1860 g/mol. The van der Waals surface area contributed by atoms with Gasteiger partial charge in [0.2, 0.25) is 23.6 Å². The zero-order valence-corrected chi connectivity index (χ0v) is 78.9. The molecule has 1 saturated carbocycles. The number of Topliss-reactive ketones (excluding diaryl/α,β-unsaturated/α-hetero) is 3. The number of amides is 3. The number of hydrogen-bond acceptors (Lipinski definition) is 30. The predicted molar refractivity (Wildman–Crippen MR) is 500 cm³/mol. The van der Waals surface area contributed by atoms with Crippen LogP contribution in [-0.4, -0.2) is 298 Å². The first-order valence-electron chi connectivity index (χ1n) is 47.4. The summed E-state index contributed by atoms with van der Waals surface area (Å²) >= 11 is 0. The number of aromatic amines is 1. The third kappa shape index (κ3) is 24.1. The predicted octanol–water partition coefficient (Wildman–Crippen LogP) is 8.79. The highest BCUT2D eigenvalue weighted by molar-refractivity contribution is 6.39. The molecular weight excluding hydrogens is 1730 g/mol. The van der Waals surface area contributed by atoms with Crippen LogP contribution in [-0.2, 0) is 97.4 Å². The number of fused-ring (bicyclic) bond motifs is 6. The van der Waals surface area contributed by atoms with E-state index in [1.807, 2.05) is 79.1 Å². The van der Waals surface area contributed by atoms with Crippen molar-refractivity contribution in [2.75, 3.05) is 116 Å². The number of ketones is 3. The van der Waals surface area contributed by atoms with Crippen LogP contribution in [0.25, 0.3) is 33.3 Å². The van der Waals surface area contributed by atoms with Gasteiger partial charge in [-0.25, -0.2) is 49.2 Å². The second-order valence-electron chi connectivity index (χ2n) is 37.5. The number of carbonyl (C=O) groups is 9. The Labute approximate surface area is 786 Å². The number of nitrogens with one attached hydrogen (secondary N) is 1. The summed E-state index contributed by atoms with van der Waals surface area (Å²) in [5.41, 5.74) is 14.8. The van der Waals surface area contributed by atoms with Crippen molar-refractivity contribution in [3.63, 3.8) is 0 Å². The summed E-state index contributed by atoms with van der Waals surface area (Å²) < 4.78 is 44.1. The Morgan fingerprint density at radius 1 is 0.741 bits per heavy atom. The summed E-state index contributed by atoms with van der Waals surface area (Å²) in [5.74, 6) is -9.88. The zero-order valence-electron chi connectivity index (χ0n) is 78.9. The number of aryl methyl sites for hydroxylation is 1. The van der Waals surface area contributed by atoms with E-state index in [0.29, 0.717) is 168 Å². The van der Waals surface area contributed by atoms with Gasteiger partial charge in [0, 0.05) is 172 Å². The van der Waals surface area contributed by atoms with Crippen molar-refractivity contribution in [3.05, 3.63) is 149 Å². The Balaban J connectivity index is 0.512. The Morgan fingerprint density at radius 2 is 1.50 bits per heavy atom. The third-order valence-electron chi connectivity index (χ3n) is 28.0. The van der Waals surface area contributed by atoms with E-state index in [1.54, 1.807) is 83.9 Å². The fraction of sp³-hybridized carbons (Fsp3) is 0.566. The van der Waals surface area contributed by atoms with Gasteiger partial charge in [-0.05, 0) is 154 Å². The van der Waals surface area contributed by atoms with Crippen molar-refractivity contribution in [1.82, 2.24) is 69.3 Å². The normalized spacial score (nSPS) is 28.1. The lowest BCUT2D eigenvalue weighted by atomic mass is 9.78. The summed E-state index contributed by atoms with van der Waals surface area (Å²) in [5, 5.41) is 40.9. The molecule has 6 aliphatic heterocycles. The molecule has 4 saturated heterocycles. The van der Waals surface area contributed by atoms with Gasteiger partial charge in [-0.1, -0.05) is 89.3 Å². The maximum atomic E-state index is 14.9. The first-order valence-corrected chi connectivity index (χ1v) is 47.4. The number of aliphatic carboxylic acids is 1. The number of hydrogen-bond donors (Lipinski definition) is 5. The number of piperidine rings is 1. The topological polar surface area (TPSA) is 448 Å². The molecule has 0 radical (unpaired) electrons. The second-order valence-corrected chi connectivity index (χ2v) is 37.5. The number of pyridine rings is 1. The number of nitrogens with zero attached hydrogens (tertiary/aromatic N) is 15. The number of allylic oxidation sites excluding steroid dienone is 6. The van der Waals surface area contributed by atoms with Crippen LogP contribution < -0.4 is 15.5 Å². The lowest BCUT2D eigenvalue weighted by Gasteiger charge is -2.42. The summed E-state index contributed by atoms with van der Waals surface area (Å²) in [6.45, 7) is 18.1. The van der Waals surface area contributed by atoms with Crippen LogP contribution >= 0.6 is 0 Å². The highest BCUT2D eigenvalue weighted by Gasteiger charge is 2.54. The van der Waals surface area contributed by atoms with Gasteiger partial charge in [-0.2, -0.15) is 5.10 Å². The van der Waals surface area contributed by atoms with Gasteiger partial charge in [0.1, 0.15) is 65.8 Å². The third-order valence-corrected chi connectivity index (χ3v) is 28.0. The number of piperazine rings is 2. The fourth-order valence-corrected chi connectivity index (χ4v) is 19.8. The molecule has 6 aromatic heterocycles. The number of esters is 2. The van der Waals surface area contributed by atoms with Gasteiger partial charge < -0.3 is 83.7 Å². The number of benzene rings is 1. The van der Waals surface area contributed by atoms with E-state index in [-0.39, 0.29) is 112 Å². The molecule has 36 nitrogen and oxygen atoms in total. The largest absolute Gasteiger partial charge is 0.480 e. The molecule has 3 amide bonds. The van der Waals surface area contributed by atoms with Crippen LogP contribution in [0, 0.1) is 35.5 Å². The summed E-state index contributed by atoms with van der Waals surface area (Å²) in [4.78, 5) is 172. The maximum Gasteiger partial charge on any atom is 0.329 e. The van der Waals surface area contributed by atoms with E-state index in [4.69, 9.17) is 44.0 Å². The second kappa shape index (κ2) is 45.4. The molecule has 7 aliphatic rings. The zero-order chi connectivity index (χ0) is 95.9. The Hall–Kier alpha value is -11.5. The number of cyclic esters (lactones) is 1. The van der Waals surface area contributed by atoms with Crippen LogP contribution in [0.4, 0.5) is 17.7 Å². The lowest BCUT2D eigenvalue weighted by Crippen LogP contribution is -2.61. The number of nitrogens with two attached hydrogens (primary N) is 1. The number of methoxy groups -OCH3 is 3. The van der Waals surface area contributed by atoms with Gasteiger partial charge in [0.05, 0.1) is 62.0 Å². The van der Waals surface area contributed by atoms with E-state index >= 15 is 0 Å². The lowest BCUT2D eigenvalue weighted by molar-refractivity contribution is -0.265. The molecule has 5 fully saturated rings. The maximum absolute atomic E-state index is 14.9. The van der Waals surface area contributed by atoms with Crippen LogP contribution in [0.2, 0.25) is 0 Å². The minimum absolute atomic E-state index is 0.00695. The minimum Gasteiger partial charge on any atom is -0.480 e. The number of ether oxygens (including phenoxy) is 7. The number of carboxylic acids is 1. The first kappa shape index (κ1) is 99.5. The van der Waals surface area contributed by atoms with Crippen LogP contribution in [0.15, 0.2) is 121 Å². The number of H-pyrrole nitrogens is 1. The molecule has 12 heterocycles. The quantitative estimate of drug-likeness (QED) is 0.0173. The molecule has 7 aromatic rings. The van der Waals surface area contributed by atoms with Crippen molar-refractivity contribution in [2.45, 2.75) is 225 Å². The number of nitrogen functional groups attached to an aromatic ring is 1. The van der Waals surface area contributed by atoms with Gasteiger partial charge >= 0.3 is 17.9 Å². The van der Waals surface area contributed by atoms with Gasteiger partial charge in [-0.15, -0.1) is 0 Å². The number of rotatable bonds is 23. The molecule has 36 heteroatoms. The molecule has 1 aromatic carbocycles. The van der Waals surface area contributed by atoms with E-state index in [9.17, 15) is 58.5 Å². The van der Waals surface area contributed by atoms with Crippen molar-refractivity contribution in [1.29, 1.82) is 0 Å².